The number of methoxy groups -OCH3 is 1. The molecule has 1 heterocycles. The number of hydrogen-bond donors (Lipinski definition) is 2. The van der Waals surface area contributed by atoms with Gasteiger partial charge in [-0.25, -0.2) is 4.98 Å². The molecule has 144 valence electrons. The Balaban J connectivity index is 2.02. The van der Waals surface area contributed by atoms with Gasteiger partial charge >= 0.3 is 5.69 Å². The zero-order chi connectivity index (χ0) is 20.3. The van der Waals surface area contributed by atoms with Gasteiger partial charge < -0.3 is 15.4 Å². The van der Waals surface area contributed by atoms with Crippen molar-refractivity contribution in [3.8, 4) is 5.75 Å². The number of para-hydroxylation sites is 2. The Morgan fingerprint density at radius 1 is 1.00 bits per heavy atom. The van der Waals surface area contributed by atoms with E-state index in [9.17, 15) is 10.1 Å². The second-order valence-corrected chi connectivity index (χ2v) is 6.34. The molecule has 28 heavy (non-hydrogen) atoms. The molecule has 0 aliphatic heterocycles. The van der Waals surface area contributed by atoms with Crippen molar-refractivity contribution in [2.75, 3.05) is 17.7 Å². The SMILES string of the molecule is COc1ccccc1Nc1nc(Nc2ccc(C)c(C)c2)nc(C)c1[N+](=O)[O-]. The third-order valence-electron chi connectivity index (χ3n) is 4.36. The maximum absolute atomic E-state index is 11.6. The summed E-state index contributed by atoms with van der Waals surface area (Å²) >= 11 is 0. The molecule has 0 fully saturated rings. The zero-order valence-corrected chi connectivity index (χ0v) is 16.1. The number of nitrogens with one attached hydrogen (secondary N) is 2. The minimum absolute atomic E-state index is 0.0910. The number of ether oxygens (including phenoxy) is 1. The van der Waals surface area contributed by atoms with E-state index in [0.29, 0.717) is 11.4 Å². The van der Waals surface area contributed by atoms with Gasteiger partial charge in [0.2, 0.25) is 11.8 Å². The smallest absolute Gasteiger partial charge is 0.332 e. The molecule has 0 bridgehead atoms. The number of benzene rings is 2. The third kappa shape index (κ3) is 4.01. The lowest BCUT2D eigenvalue weighted by molar-refractivity contribution is -0.385. The van der Waals surface area contributed by atoms with Crippen molar-refractivity contribution >= 4 is 28.8 Å². The Morgan fingerprint density at radius 2 is 1.75 bits per heavy atom. The quantitative estimate of drug-likeness (QED) is 0.468. The highest BCUT2D eigenvalue weighted by Crippen LogP contribution is 2.33. The number of aromatic nitrogens is 2. The van der Waals surface area contributed by atoms with Gasteiger partial charge in [0.25, 0.3) is 0 Å². The van der Waals surface area contributed by atoms with Crippen LogP contribution in [0.4, 0.5) is 28.8 Å². The van der Waals surface area contributed by atoms with Gasteiger partial charge in [-0.2, -0.15) is 4.98 Å². The summed E-state index contributed by atoms with van der Waals surface area (Å²) in [5, 5.41) is 17.7. The molecule has 0 radical (unpaired) electrons. The van der Waals surface area contributed by atoms with Crippen LogP contribution in [0.2, 0.25) is 0 Å². The first-order valence-electron chi connectivity index (χ1n) is 8.66. The van der Waals surface area contributed by atoms with E-state index in [1.165, 1.54) is 12.7 Å². The summed E-state index contributed by atoms with van der Waals surface area (Å²) in [6.45, 7) is 5.62. The van der Waals surface area contributed by atoms with Crippen LogP contribution in [0.1, 0.15) is 16.8 Å². The Kier molecular flexibility index (Phi) is 5.39. The fourth-order valence-corrected chi connectivity index (χ4v) is 2.75. The van der Waals surface area contributed by atoms with E-state index in [0.717, 1.165) is 11.3 Å². The molecule has 0 unspecified atom stereocenters. The Bertz CT molecular complexity index is 1040. The van der Waals surface area contributed by atoms with Gasteiger partial charge in [0.1, 0.15) is 11.4 Å². The molecule has 0 saturated carbocycles. The molecule has 0 aliphatic rings. The maximum atomic E-state index is 11.6. The summed E-state index contributed by atoms with van der Waals surface area (Å²) < 4.78 is 5.31. The fourth-order valence-electron chi connectivity index (χ4n) is 2.75. The Hall–Kier alpha value is -3.68. The van der Waals surface area contributed by atoms with Crippen LogP contribution in [-0.2, 0) is 0 Å². The van der Waals surface area contributed by atoms with E-state index in [-0.39, 0.29) is 23.1 Å². The lowest BCUT2D eigenvalue weighted by Gasteiger charge is -2.13. The molecular weight excluding hydrogens is 358 g/mol. The monoisotopic (exact) mass is 379 g/mol. The molecule has 0 saturated heterocycles. The van der Waals surface area contributed by atoms with Crippen LogP contribution in [-0.4, -0.2) is 22.0 Å². The first-order chi connectivity index (χ1) is 13.4. The van der Waals surface area contributed by atoms with Crippen LogP contribution in [0.5, 0.6) is 5.75 Å². The predicted octanol–water partition coefficient (Wildman–Crippen LogP) is 4.81. The van der Waals surface area contributed by atoms with Crippen LogP contribution in [0.3, 0.4) is 0 Å². The summed E-state index contributed by atoms with van der Waals surface area (Å²) in [6, 6.07) is 13.0. The second-order valence-electron chi connectivity index (χ2n) is 6.34. The van der Waals surface area contributed by atoms with Crippen LogP contribution in [0, 0.1) is 30.9 Å². The highest BCUT2D eigenvalue weighted by atomic mass is 16.6. The molecular formula is C20H21N5O3. The number of nitro groups is 1. The van der Waals surface area contributed by atoms with Gasteiger partial charge in [0, 0.05) is 5.69 Å². The van der Waals surface area contributed by atoms with Gasteiger partial charge in [-0.15, -0.1) is 0 Å². The second kappa shape index (κ2) is 7.91. The summed E-state index contributed by atoms with van der Waals surface area (Å²) in [4.78, 5) is 19.7. The summed E-state index contributed by atoms with van der Waals surface area (Å²) in [5.74, 6) is 0.911. The number of anilines is 4. The van der Waals surface area contributed by atoms with Crippen LogP contribution < -0.4 is 15.4 Å². The van der Waals surface area contributed by atoms with E-state index in [2.05, 4.69) is 20.6 Å². The van der Waals surface area contributed by atoms with Crippen molar-refractivity contribution in [2.45, 2.75) is 20.8 Å². The minimum Gasteiger partial charge on any atom is -0.495 e. The van der Waals surface area contributed by atoms with E-state index < -0.39 is 4.92 Å². The van der Waals surface area contributed by atoms with Crippen molar-refractivity contribution in [1.82, 2.24) is 9.97 Å². The highest BCUT2D eigenvalue weighted by molar-refractivity contribution is 5.72. The normalized spacial score (nSPS) is 10.4. The van der Waals surface area contributed by atoms with Gasteiger partial charge in [-0.05, 0) is 56.2 Å². The van der Waals surface area contributed by atoms with Crippen molar-refractivity contribution in [2.24, 2.45) is 0 Å². The summed E-state index contributed by atoms with van der Waals surface area (Å²) in [6.07, 6.45) is 0. The summed E-state index contributed by atoms with van der Waals surface area (Å²) in [5.41, 5.74) is 3.74. The average molecular weight is 379 g/mol. The molecule has 3 rings (SSSR count). The molecule has 0 aliphatic carbocycles. The third-order valence-corrected chi connectivity index (χ3v) is 4.36. The summed E-state index contributed by atoms with van der Waals surface area (Å²) in [7, 11) is 1.53. The Labute approximate surface area is 162 Å². The molecule has 3 aromatic rings. The molecule has 0 amide bonds. The van der Waals surface area contributed by atoms with Crippen molar-refractivity contribution in [3.63, 3.8) is 0 Å². The molecule has 1 aromatic heterocycles. The van der Waals surface area contributed by atoms with Gasteiger partial charge in [-0.3, -0.25) is 10.1 Å². The number of aryl methyl sites for hydroxylation is 3. The first kappa shape index (κ1) is 19.1. The minimum atomic E-state index is -0.493. The standard InChI is InChI=1S/C20H21N5O3/c1-12-9-10-15(11-13(12)2)22-20-21-14(3)18(25(26)27)19(24-20)23-16-7-5-6-8-17(16)28-4/h5-11H,1-4H3,(H2,21,22,23,24). The predicted molar refractivity (Wildman–Crippen MR) is 109 cm³/mol. The lowest BCUT2D eigenvalue weighted by atomic mass is 10.1. The van der Waals surface area contributed by atoms with E-state index in [1.807, 2.05) is 38.1 Å². The average Bonchev–Trinajstić information content (AvgIpc) is 2.64. The van der Waals surface area contributed by atoms with Crippen LogP contribution >= 0.6 is 0 Å². The fraction of sp³-hybridized carbons (Fsp3) is 0.200. The lowest BCUT2D eigenvalue weighted by Crippen LogP contribution is -2.08. The van der Waals surface area contributed by atoms with E-state index in [4.69, 9.17) is 4.74 Å². The number of hydrogen-bond acceptors (Lipinski definition) is 7. The van der Waals surface area contributed by atoms with Crippen molar-refractivity contribution < 1.29 is 9.66 Å². The largest absolute Gasteiger partial charge is 0.495 e. The van der Waals surface area contributed by atoms with Crippen molar-refractivity contribution in [1.29, 1.82) is 0 Å². The van der Waals surface area contributed by atoms with Crippen LogP contribution in [0.15, 0.2) is 42.5 Å². The topological polar surface area (TPSA) is 102 Å². The molecule has 2 N–H and O–H groups in total. The van der Waals surface area contributed by atoms with E-state index >= 15 is 0 Å². The maximum Gasteiger partial charge on any atom is 0.332 e. The molecule has 8 nitrogen and oxygen atoms in total. The van der Waals surface area contributed by atoms with Gasteiger partial charge in [0.05, 0.1) is 17.7 Å². The van der Waals surface area contributed by atoms with Crippen molar-refractivity contribution in [3.05, 3.63) is 69.4 Å². The van der Waals surface area contributed by atoms with Crippen LogP contribution in [0.25, 0.3) is 0 Å². The molecule has 2 aromatic carbocycles. The molecule has 0 atom stereocenters. The van der Waals surface area contributed by atoms with Gasteiger partial charge in [0.15, 0.2) is 0 Å². The number of nitrogens with zero attached hydrogens (tertiary/aromatic N) is 3. The van der Waals surface area contributed by atoms with E-state index in [1.54, 1.807) is 25.1 Å². The molecule has 0 spiro atoms. The zero-order valence-electron chi connectivity index (χ0n) is 16.1. The Morgan fingerprint density at radius 3 is 2.43 bits per heavy atom. The first-order valence-corrected chi connectivity index (χ1v) is 8.66. The molecule has 8 heteroatoms. The highest BCUT2D eigenvalue weighted by Gasteiger charge is 2.23. The number of rotatable bonds is 6. The van der Waals surface area contributed by atoms with Gasteiger partial charge in [-0.1, -0.05) is 18.2 Å².